The highest BCUT2D eigenvalue weighted by molar-refractivity contribution is 7.22. The van der Waals surface area contributed by atoms with Crippen molar-refractivity contribution in [1.29, 1.82) is 0 Å². The van der Waals surface area contributed by atoms with Crippen LogP contribution in [0.5, 0.6) is 5.75 Å². The number of para-hydroxylation sites is 1. The number of aryl methyl sites for hydroxylation is 2. The molecule has 0 saturated heterocycles. The van der Waals surface area contributed by atoms with Gasteiger partial charge in [0.1, 0.15) is 0 Å². The van der Waals surface area contributed by atoms with Crippen LogP contribution < -0.4 is 9.64 Å². The summed E-state index contributed by atoms with van der Waals surface area (Å²) in [7, 11) is 3.98. The lowest BCUT2D eigenvalue weighted by molar-refractivity contribution is 0.0960. The summed E-state index contributed by atoms with van der Waals surface area (Å²) >= 11 is 1.55. The van der Waals surface area contributed by atoms with Crippen molar-refractivity contribution in [2.75, 3.05) is 38.7 Å². The summed E-state index contributed by atoms with van der Waals surface area (Å²) < 4.78 is 12.8. The molecule has 0 spiro atoms. The fraction of sp³-hybridized carbons (Fsp3) is 0.333. The quantitative estimate of drug-likeness (QED) is 0.394. The van der Waals surface area contributed by atoms with Gasteiger partial charge in [-0.15, -0.1) is 0 Å². The highest BCUT2D eigenvalue weighted by Gasteiger charge is 2.25. The lowest BCUT2D eigenvalue weighted by Gasteiger charge is -2.20. The summed E-state index contributed by atoms with van der Waals surface area (Å²) in [5, 5.41) is 1.53. The van der Waals surface area contributed by atoms with Crippen molar-refractivity contribution >= 4 is 43.6 Å². The fourth-order valence-electron chi connectivity index (χ4n) is 3.49. The molecule has 6 nitrogen and oxygen atoms in total. The van der Waals surface area contributed by atoms with E-state index in [0.29, 0.717) is 36.2 Å². The number of benzene rings is 2. The molecule has 0 aliphatic rings. The van der Waals surface area contributed by atoms with Crippen molar-refractivity contribution in [1.82, 2.24) is 9.88 Å². The number of anilines is 1. The Hall–Kier alpha value is -2.90. The summed E-state index contributed by atoms with van der Waals surface area (Å²) in [4.78, 5) is 22.2. The van der Waals surface area contributed by atoms with Crippen LogP contribution in [-0.2, 0) is 0 Å². The zero-order valence-electron chi connectivity index (χ0n) is 18.6. The van der Waals surface area contributed by atoms with Crippen LogP contribution in [0.25, 0.3) is 21.2 Å². The molecule has 0 aliphatic carbocycles. The van der Waals surface area contributed by atoms with Gasteiger partial charge in [0.25, 0.3) is 5.91 Å². The monoisotopic (exact) mass is 437 g/mol. The first-order valence-corrected chi connectivity index (χ1v) is 11.2. The lowest BCUT2D eigenvalue weighted by atomic mass is 10.1. The number of furan rings is 1. The number of likely N-dealkylation sites (N-methyl/N-ethyl adjacent to an activating group) is 1. The third kappa shape index (κ3) is 4.16. The molecule has 162 valence electrons. The van der Waals surface area contributed by atoms with Gasteiger partial charge in [0.2, 0.25) is 0 Å². The summed E-state index contributed by atoms with van der Waals surface area (Å²) in [6.45, 7) is 7.80. The highest BCUT2D eigenvalue weighted by atomic mass is 32.1. The van der Waals surface area contributed by atoms with Crippen LogP contribution in [0.3, 0.4) is 0 Å². The molecule has 2 aromatic heterocycles. The van der Waals surface area contributed by atoms with Crippen LogP contribution >= 0.6 is 11.3 Å². The standard InChI is InChI=1S/C24H27N3O3S/c1-6-29-18-9-7-8-17-14-19(30-21(17)18)23(28)27(13-12-26(4)5)24-25-20-15(2)10-11-16(3)22(20)31-24/h7-11,14H,6,12-13H2,1-5H3. The molecular weight excluding hydrogens is 410 g/mol. The number of ether oxygens (including phenoxy) is 1. The van der Waals surface area contributed by atoms with Gasteiger partial charge in [0, 0.05) is 18.5 Å². The second-order valence-corrected chi connectivity index (χ2v) is 8.83. The average molecular weight is 438 g/mol. The maximum absolute atomic E-state index is 13.6. The number of nitrogens with zero attached hydrogens (tertiary/aromatic N) is 3. The molecule has 7 heteroatoms. The van der Waals surface area contributed by atoms with E-state index in [2.05, 4.69) is 24.0 Å². The van der Waals surface area contributed by atoms with Crippen LogP contribution in [-0.4, -0.2) is 49.6 Å². The summed E-state index contributed by atoms with van der Waals surface area (Å²) in [5.74, 6) is 0.730. The highest BCUT2D eigenvalue weighted by Crippen LogP contribution is 2.35. The van der Waals surface area contributed by atoms with Crippen LogP contribution in [0.15, 0.2) is 40.8 Å². The molecule has 0 unspecified atom stereocenters. The minimum atomic E-state index is -0.199. The number of thiazole rings is 1. The van der Waals surface area contributed by atoms with Crippen LogP contribution in [0.2, 0.25) is 0 Å². The van der Waals surface area contributed by atoms with Gasteiger partial charge in [-0.05, 0) is 58.1 Å². The molecule has 0 fully saturated rings. The molecule has 0 atom stereocenters. The minimum Gasteiger partial charge on any atom is -0.490 e. The first-order chi connectivity index (χ1) is 14.9. The lowest BCUT2D eigenvalue weighted by Crippen LogP contribution is -2.36. The fourth-order valence-corrected chi connectivity index (χ4v) is 4.63. The van der Waals surface area contributed by atoms with E-state index in [9.17, 15) is 4.79 Å². The third-order valence-electron chi connectivity index (χ3n) is 5.20. The average Bonchev–Trinajstić information content (AvgIpc) is 3.37. The first-order valence-electron chi connectivity index (χ1n) is 10.4. The molecular formula is C24H27N3O3S. The smallest absolute Gasteiger partial charge is 0.295 e. The van der Waals surface area contributed by atoms with Crippen molar-refractivity contribution in [2.45, 2.75) is 20.8 Å². The molecule has 0 bridgehead atoms. The van der Waals surface area contributed by atoms with E-state index in [4.69, 9.17) is 14.1 Å². The van der Waals surface area contributed by atoms with E-state index >= 15 is 0 Å². The second-order valence-electron chi connectivity index (χ2n) is 7.85. The van der Waals surface area contributed by atoms with Crippen molar-refractivity contribution < 1.29 is 13.9 Å². The maximum Gasteiger partial charge on any atom is 0.295 e. The largest absolute Gasteiger partial charge is 0.490 e. The Bertz CT molecular complexity index is 1200. The molecule has 4 aromatic rings. The van der Waals surface area contributed by atoms with E-state index < -0.39 is 0 Å². The molecule has 2 heterocycles. The van der Waals surface area contributed by atoms with E-state index in [1.165, 1.54) is 0 Å². The Morgan fingerprint density at radius 1 is 1.13 bits per heavy atom. The maximum atomic E-state index is 13.6. The van der Waals surface area contributed by atoms with Gasteiger partial charge in [-0.25, -0.2) is 4.98 Å². The van der Waals surface area contributed by atoms with Gasteiger partial charge in [0.15, 0.2) is 22.2 Å². The number of carbonyl (C=O) groups is 1. The first kappa shape index (κ1) is 21.3. The Morgan fingerprint density at radius 2 is 1.90 bits per heavy atom. The minimum absolute atomic E-state index is 0.199. The number of amides is 1. The molecule has 31 heavy (non-hydrogen) atoms. The topological polar surface area (TPSA) is 58.8 Å². The second kappa shape index (κ2) is 8.69. The van der Waals surface area contributed by atoms with Gasteiger partial charge in [-0.3, -0.25) is 9.69 Å². The van der Waals surface area contributed by atoms with E-state index in [0.717, 1.165) is 26.7 Å². The normalized spacial score (nSPS) is 11.5. The number of rotatable bonds is 7. The Kier molecular flexibility index (Phi) is 5.98. The van der Waals surface area contributed by atoms with Gasteiger partial charge in [-0.1, -0.05) is 35.6 Å². The van der Waals surface area contributed by atoms with E-state index in [1.54, 1.807) is 22.3 Å². The Balaban J connectivity index is 1.77. The molecule has 0 N–H and O–H groups in total. The molecule has 2 aromatic carbocycles. The predicted molar refractivity (Wildman–Crippen MR) is 127 cm³/mol. The van der Waals surface area contributed by atoms with E-state index in [1.807, 2.05) is 46.1 Å². The van der Waals surface area contributed by atoms with Crippen molar-refractivity contribution in [3.05, 3.63) is 53.3 Å². The van der Waals surface area contributed by atoms with Crippen molar-refractivity contribution in [2.24, 2.45) is 0 Å². The number of carbonyl (C=O) groups excluding carboxylic acids is 1. The van der Waals surface area contributed by atoms with Gasteiger partial charge < -0.3 is 14.1 Å². The van der Waals surface area contributed by atoms with Gasteiger partial charge in [-0.2, -0.15) is 0 Å². The van der Waals surface area contributed by atoms with Crippen molar-refractivity contribution in [3.63, 3.8) is 0 Å². The van der Waals surface area contributed by atoms with Crippen LogP contribution in [0.4, 0.5) is 5.13 Å². The van der Waals surface area contributed by atoms with Gasteiger partial charge >= 0.3 is 0 Å². The predicted octanol–water partition coefficient (Wildman–Crippen LogP) is 5.27. The summed E-state index contributed by atoms with van der Waals surface area (Å²) in [6.07, 6.45) is 0. The Morgan fingerprint density at radius 3 is 2.61 bits per heavy atom. The number of hydrogen-bond donors (Lipinski definition) is 0. The third-order valence-corrected chi connectivity index (χ3v) is 6.41. The summed E-state index contributed by atoms with van der Waals surface area (Å²) in [5.41, 5.74) is 3.81. The summed E-state index contributed by atoms with van der Waals surface area (Å²) in [6, 6.07) is 11.6. The molecule has 1 amide bonds. The SMILES string of the molecule is CCOc1cccc2cc(C(=O)N(CCN(C)C)c3nc4c(C)ccc(C)c4s3)oc12. The zero-order valence-corrected chi connectivity index (χ0v) is 19.4. The van der Waals surface area contributed by atoms with Crippen LogP contribution in [0.1, 0.15) is 28.6 Å². The van der Waals surface area contributed by atoms with Gasteiger partial charge in [0.05, 0.1) is 16.8 Å². The van der Waals surface area contributed by atoms with Crippen LogP contribution in [0, 0.1) is 13.8 Å². The Labute approximate surface area is 186 Å². The zero-order chi connectivity index (χ0) is 22.1. The number of aromatic nitrogens is 1. The molecule has 0 radical (unpaired) electrons. The van der Waals surface area contributed by atoms with Crippen molar-refractivity contribution in [3.8, 4) is 5.75 Å². The molecule has 0 saturated carbocycles. The number of fused-ring (bicyclic) bond motifs is 2. The number of hydrogen-bond acceptors (Lipinski definition) is 6. The molecule has 4 rings (SSSR count). The molecule has 0 aliphatic heterocycles. The van der Waals surface area contributed by atoms with E-state index in [-0.39, 0.29) is 11.7 Å².